The summed E-state index contributed by atoms with van der Waals surface area (Å²) in [6.45, 7) is 5.20. The van der Waals surface area contributed by atoms with Crippen molar-refractivity contribution in [1.82, 2.24) is 5.48 Å². The third-order valence-electron chi connectivity index (χ3n) is 6.33. The molecule has 1 amide bonds. The topological polar surface area (TPSA) is 101 Å². The van der Waals surface area contributed by atoms with Crippen molar-refractivity contribution in [3.63, 3.8) is 0 Å². The maximum absolute atomic E-state index is 13.2. The van der Waals surface area contributed by atoms with Gasteiger partial charge in [-0.3, -0.25) is 9.59 Å². The number of fused-ring (bicyclic) bond motifs is 2. The van der Waals surface area contributed by atoms with Crippen LogP contribution in [-0.4, -0.2) is 12.4 Å². The summed E-state index contributed by atoms with van der Waals surface area (Å²) in [4.78, 5) is 42.9. The van der Waals surface area contributed by atoms with Crippen LogP contribution in [-0.2, 0) is 22.7 Å². The van der Waals surface area contributed by atoms with Crippen molar-refractivity contribution in [2.45, 2.75) is 33.0 Å². The lowest BCUT2D eigenvalue weighted by Gasteiger charge is -2.21. The van der Waals surface area contributed by atoms with E-state index in [0.717, 1.165) is 11.1 Å². The normalized spacial score (nSPS) is 13.2. The fourth-order valence-electron chi connectivity index (χ4n) is 4.62. The molecule has 0 saturated carbocycles. The number of para-hydroxylation sites is 1. The summed E-state index contributed by atoms with van der Waals surface area (Å²) in [6, 6.07) is 20.1. The zero-order chi connectivity index (χ0) is 25.2. The summed E-state index contributed by atoms with van der Waals surface area (Å²) in [7, 11) is 0. The molecule has 36 heavy (non-hydrogen) atoms. The lowest BCUT2D eigenvalue weighted by Crippen LogP contribution is -2.20. The average Bonchev–Trinajstić information content (AvgIpc) is 3.32. The van der Waals surface area contributed by atoms with Crippen LogP contribution >= 0.6 is 0 Å². The zero-order valence-corrected chi connectivity index (χ0v) is 19.9. The summed E-state index contributed by atoms with van der Waals surface area (Å²) >= 11 is 0. The summed E-state index contributed by atoms with van der Waals surface area (Å²) in [6.07, 6.45) is 0.286. The molecule has 1 aromatic heterocycles. The van der Waals surface area contributed by atoms with Gasteiger partial charge in [0.25, 0.3) is 0 Å². The Kier molecular flexibility index (Phi) is 6.16. The third-order valence-corrected chi connectivity index (χ3v) is 6.33. The summed E-state index contributed by atoms with van der Waals surface area (Å²) < 4.78 is 6.38. The van der Waals surface area contributed by atoms with Gasteiger partial charge < -0.3 is 19.5 Å². The Hall–Kier alpha value is -4.59. The Morgan fingerprint density at radius 3 is 2.47 bits per heavy atom. The smallest absolute Gasteiger partial charge is 0.365 e. The molecular formula is C28H25N3O5. The Balaban J connectivity index is 1.51. The molecule has 0 aliphatic carbocycles. The molecule has 0 saturated heterocycles. The van der Waals surface area contributed by atoms with Crippen LogP contribution in [0.25, 0.3) is 11.0 Å². The van der Waals surface area contributed by atoms with Crippen molar-refractivity contribution in [3.8, 4) is 0 Å². The predicted octanol–water partition coefficient (Wildman–Crippen LogP) is 4.61. The van der Waals surface area contributed by atoms with Crippen LogP contribution in [0.1, 0.15) is 45.6 Å². The Labute approximate surface area is 207 Å². The Morgan fingerprint density at radius 2 is 1.75 bits per heavy atom. The molecule has 0 bridgehead atoms. The van der Waals surface area contributed by atoms with E-state index in [1.165, 1.54) is 11.1 Å². The van der Waals surface area contributed by atoms with Crippen LogP contribution in [0.5, 0.6) is 0 Å². The van der Waals surface area contributed by atoms with Crippen molar-refractivity contribution < 1.29 is 18.8 Å². The van der Waals surface area contributed by atoms with Crippen molar-refractivity contribution in [1.29, 1.82) is 0 Å². The SMILES string of the molecule is Cc1cc(C(C)Nc2ccccc2C(=O)ONC=O)c2oc(N3Cc4ccccc4C3)cc(=O)c2c1. The molecule has 0 radical (unpaired) electrons. The number of nitrogens with one attached hydrogen (secondary N) is 2. The van der Waals surface area contributed by atoms with E-state index in [4.69, 9.17) is 9.25 Å². The number of anilines is 2. The fraction of sp³-hybridized carbons (Fsp3) is 0.179. The van der Waals surface area contributed by atoms with Crippen LogP contribution in [0.4, 0.5) is 11.6 Å². The minimum absolute atomic E-state index is 0.108. The Morgan fingerprint density at radius 1 is 1.06 bits per heavy atom. The first-order valence-electron chi connectivity index (χ1n) is 11.6. The van der Waals surface area contributed by atoms with E-state index in [2.05, 4.69) is 22.3 Å². The summed E-state index contributed by atoms with van der Waals surface area (Å²) in [5.41, 5.74) is 7.23. The molecular weight excluding hydrogens is 458 g/mol. The number of amides is 1. The molecule has 2 N–H and O–H groups in total. The monoisotopic (exact) mass is 483 g/mol. The van der Waals surface area contributed by atoms with Gasteiger partial charge in [-0.15, -0.1) is 0 Å². The van der Waals surface area contributed by atoms with E-state index < -0.39 is 5.97 Å². The van der Waals surface area contributed by atoms with Gasteiger partial charge in [-0.05, 0) is 48.7 Å². The van der Waals surface area contributed by atoms with Crippen molar-refractivity contribution in [2.75, 3.05) is 10.2 Å². The zero-order valence-electron chi connectivity index (χ0n) is 19.9. The lowest BCUT2D eigenvalue weighted by molar-refractivity contribution is -0.117. The summed E-state index contributed by atoms with van der Waals surface area (Å²) in [5.74, 6) is -0.182. The van der Waals surface area contributed by atoms with Gasteiger partial charge in [0.15, 0.2) is 5.43 Å². The van der Waals surface area contributed by atoms with Gasteiger partial charge in [-0.1, -0.05) is 42.5 Å². The first-order chi connectivity index (χ1) is 17.4. The van der Waals surface area contributed by atoms with E-state index in [-0.39, 0.29) is 23.4 Å². The average molecular weight is 484 g/mol. The molecule has 8 nitrogen and oxygen atoms in total. The molecule has 1 aliphatic heterocycles. The van der Waals surface area contributed by atoms with E-state index in [9.17, 15) is 14.4 Å². The molecule has 1 unspecified atom stereocenters. The second-order valence-electron chi connectivity index (χ2n) is 8.84. The molecule has 0 spiro atoms. The quantitative estimate of drug-likeness (QED) is 0.292. The van der Waals surface area contributed by atoms with Crippen LogP contribution in [0.2, 0.25) is 0 Å². The molecule has 4 aromatic rings. The third kappa shape index (κ3) is 4.40. The van der Waals surface area contributed by atoms with Crippen LogP contribution in [0.3, 0.4) is 0 Å². The van der Waals surface area contributed by atoms with Crippen molar-refractivity contribution in [3.05, 3.63) is 105 Å². The molecule has 182 valence electrons. The van der Waals surface area contributed by atoms with E-state index in [0.29, 0.717) is 35.6 Å². The number of hydrogen-bond donors (Lipinski definition) is 2. The van der Waals surface area contributed by atoms with Gasteiger partial charge in [0.2, 0.25) is 12.3 Å². The van der Waals surface area contributed by atoms with Crippen molar-refractivity contribution >= 4 is 34.9 Å². The van der Waals surface area contributed by atoms with E-state index >= 15 is 0 Å². The predicted molar refractivity (Wildman–Crippen MR) is 137 cm³/mol. The van der Waals surface area contributed by atoms with Crippen LogP contribution in [0.15, 0.2) is 75.9 Å². The van der Waals surface area contributed by atoms with Gasteiger partial charge >= 0.3 is 5.97 Å². The highest BCUT2D eigenvalue weighted by molar-refractivity contribution is 5.96. The number of carbonyl (C=O) groups excluding carboxylic acids is 2. The largest absolute Gasteiger partial charge is 0.440 e. The number of hydroxylamine groups is 1. The van der Waals surface area contributed by atoms with Crippen LogP contribution in [0, 0.1) is 6.92 Å². The maximum atomic E-state index is 13.2. The fourth-order valence-corrected chi connectivity index (χ4v) is 4.62. The van der Waals surface area contributed by atoms with Gasteiger partial charge in [-0.25, -0.2) is 4.79 Å². The molecule has 0 fully saturated rings. The van der Waals surface area contributed by atoms with Crippen LogP contribution < -0.4 is 21.1 Å². The Bertz CT molecular complexity index is 1500. The molecule has 8 heteroatoms. The number of nitrogens with zero attached hydrogens (tertiary/aromatic N) is 1. The van der Waals surface area contributed by atoms with Gasteiger partial charge in [-0.2, -0.15) is 5.48 Å². The molecule has 3 aromatic carbocycles. The van der Waals surface area contributed by atoms with Crippen molar-refractivity contribution in [2.24, 2.45) is 0 Å². The standard InChI is InChI=1S/C28H25N3O5/c1-17-11-22(18(2)30-24-10-6-5-9-21(24)28(34)36-29-16-32)27-23(12-17)25(33)13-26(35-27)31-14-19-7-3-4-8-20(19)15-31/h3-13,16,18,30H,14-15H2,1-2H3,(H,29,32). The highest BCUT2D eigenvalue weighted by Gasteiger charge is 2.23. The lowest BCUT2D eigenvalue weighted by atomic mass is 10.0. The minimum Gasteiger partial charge on any atom is -0.440 e. The number of carbonyl (C=O) groups is 2. The second kappa shape index (κ2) is 9.58. The number of aryl methyl sites for hydroxylation is 1. The van der Waals surface area contributed by atoms with E-state index in [1.54, 1.807) is 30.3 Å². The van der Waals surface area contributed by atoms with Gasteiger partial charge in [0, 0.05) is 30.4 Å². The second-order valence-corrected chi connectivity index (χ2v) is 8.84. The van der Waals surface area contributed by atoms with E-state index in [1.807, 2.05) is 43.6 Å². The van der Waals surface area contributed by atoms with Gasteiger partial charge in [0.05, 0.1) is 17.0 Å². The van der Waals surface area contributed by atoms with Gasteiger partial charge in [0.1, 0.15) is 5.58 Å². The first kappa shape index (κ1) is 23.2. The highest BCUT2D eigenvalue weighted by Crippen LogP contribution is 2.33. The number of hydrogen-bond acceptors (Lipinski definition) is 7. The molecule has 5 rings (SSSR count). The first-order valence-corrected chi connectivity index (χ1v) is 11.6. The number of benzene rings is 3. The highest BCUT2D eigenvalue weighted by atomic mass is 16.7. The molecule has 2 heterocycles. The minimum atomic E-state index is -0.700. The molecule has 1 atom stereocenters. The number of rotatable bonds is 7. The maximum Gasteiger partial charge on any atom is 0.365 e. The molecule has 1 aliphatic rings. The summed E-state index contributed by atoms with van der Waals surface area (Å²) in [5, 5.41) is 3.84.